The van der Waals surface area contributed by atoms with E-state index in [2.05, 4.69) is 54.9 Å². The van der Waals surface area contributed by atoms with E-state index in [1.54, 1.807) is 0 Å². The number of hydrogen-bond acceptors (Lipinski definition) is 2. The minimum atomic E-state index is -0.0166. The van der Waals surface area contributed by atoms with E-state index in [4.69, 9.17) is 10.5 Å². The first-order chi connectivity index (χ1) is 10.0. The van der Waals surface area contributed by atoms with Crippen molar-refractivity contribution in [2.75, 3.05) is 6.54 Å². The van der Waals surface area contributed by atoms with Crippen LogP contribution in [0.1, 0.15) is 51.7 Å². The van der Waals surface area contributed by atoms with Gasteiger partial charge in [0.1, 0.15) is 0 Å². The molecule has 0 radical (unpaired) electrons. The molecule has 0 aromatic heterocycles. The minimum Gasteiger partial charge on any atom is -0.369 e. The van der Waals surface area contributed by atoms with Crippen LogP contribution in [-0.4, -0.2) is 12.6 Å². The minimum absolute atomic E-state index is 0.0166. The number of nitrogens with two attached hydrogens (primary N) is 1. The Balaban J connectivity index is 2.14. The van der Waals surface area contributed by atoms with Gasteiger partial charge < -0.3 is 10.5 Å². The van der Waals surface area contributed by atoms with Crippen LogP contribution in [0.3, 0.4) is 0 Å². The molecule has 3 heteroatoms. The lowest BCUT2D eigenvalue weighted by molar-refractivity contribution is -0.0788. The van der Waals surface area contributed by atoms with Crippen molar-refractivity contribution in [1.29, 1.82) is 0 Å². The molecule has 4 unspecified atom stereocenters. The van der Waals surface area contributed by atoms with E-state index >= 15 is 0 Å². The van der Waals surface area contributed by atoms with Crippen molar-refractivity contribution < 1.29 is 4.74 Å². The summed E-state index contributed by atoms with van der Waals surface area (Å²) in [7, 11) is 0. The number of ether oxygens (including phenoxy) is 1. The first kappa shape index (κ1) is 17.0. The Morgan fingerprint density at radius 2 is 2.00 bits per heavy atom. The Bertz CT molecular complexity index is 449. The highest BCUT2D eigenvalue weighted by Crippen LogP contribution is 2.38. The van der Waals surface area contributed by atoms with Crippen molar-refractivity contribution in [2.45, 2.75) is 52.2 Å². The summed E-state index contributed by atoms with van der Waals surface area (Å²) in [5, 5.41) is 0. The van der Waals surface area contributed by atoms with Gasteiger partial charge in [0.05, 0.1) is 12.2 Å². The van der Waals surface area contributed by atoms with E-state index < -0.39 is 0 Å². The van der Waals surface area contributed by atoms with Crippen LogP contribution in [0.25, 0.3) is 0 Å². The lowest BCUT2D eigenvalue weighted by Gasteiger charge is -2.39. The molecule has 0 bridgehead atoms. The first-order valence-corrected chi connectivity index (χ1v) is 8.92. The molecule has 1 fully saturated rings. The normalized spacial score (nSPS) is 27.8. The average Bonchev–Trinajstić information content (AvgIpc) is 2.45. The third-order valence-corrected chi connectivity index (χ3v) is 5.49. The summed E-state index contributed by atoms with van der Waals surface area (Å²) >= 11 is 3.62. The van der Waals surface area contributed by atoms with Crippen molar-refractivity contribution in [2.24, 2.45) is 23.5 Å². The standard InChI is InChI=1S/C18H28BrNO/c1-12(2)14-9-8-13(3)10-17(14)21-18(11-20)15-6-4-5-7-16(15)19/h4-7,12-14,17-18H,8-11,20H2,1-3H3. The van der Waals surface area contributed by atoms with Crippen LogP contribution in [0, 0.1) is 17.8 Å². The summed E-state index contributed by atoms with van der Waals surface area (Å²) in [6.45, 7) is 7.49. The van der Waals surface area contributed by atoms with Gasteiger partial charge >= 0.3 is 0 Å². The molecule has 1 aromatic carbocycles. The lowest BCUT2D eigenvalue weighted by atomic mass is 9.75. The van der Waals surface area contributed by atoms with E-state index in [-0.39, 0.29) is 6.10 Å². The van der Waals surface area contributed by atoms with Gasteiger partial charge in [0.2, 0.25) is 0 Å². The van der Waals surface area contributed by atoms with Crippen LogP contribution in [0.15, 0.2) is 28.7 Å². The number of halogens is 1. The van der Waals surface area contributed by atoms with Crippen LogP contribution in [0.5, 0.6) is 0 Å². The molecule has 1 saturated carbocycles. The maximum absolute atomic E-state index is 6.50. The summed E-state index contributed by atoms with van der Waals surface area (Å²) < 4.78 is 7.59. The maximum atomic E-state index is 6.50. The molecule has 0 saturated heterocycles. The summed E-state index contributed by atoms with van der Waals surface area (Å²) in [4.78, 5) is 0. The second kappa shape index (κ2) is 7.75. The highest BCUT2D eigenvalue weighted by molar-refractivity contribution is 9.10. The van der Waals surface area contributed by atoms with Gasteiger partial charge in [-0.2, -0.15) is 0 Å². The zero-order valence-electron chi connectivity index (χ0n) is 13.4. The van der Waals surface area contributed by atoms with Crippen LogP contribution in [0.4, 0.5) is 0 Å². The van der Waals surface area contributed by atoms with Gasteiger partial charge in [-0.25, -0.2) is 0 Å². The Labute approximate surface area is 137 Å². The molecule has 21 heavy (non-hydrogen) atoms. The molecule has 0 spiro atoms. The van der Waals surface area contributed by atoms with Crippen molar-refractivity contribution >= 4 is 15.9 Å². The smallest absolute Gasteiger partial charge is 0.0961 e. The number of hydrogen-bond donors (Lipinski definition) is 1. The van der Waals surface area contributed by atoms with Gasteiger partial charge in [-0.3, -0.25) is 0 Å². The summed E-state index contributed by atoms with van der Waals surface area (Å²) in [5.74, 6) is 2.07. The van der Waals surface area contributed by atoms with Crippen molar-refractivity contribution in [3.63, 3.8) is 0 Å². The monoisotopic (exact) mass is 353 g/mol. The number of rotatable bonds is 5. The van der Waals surface area contributed by atoms with Gasteiger partial charge in [-0.15, -0.1) is 0 Å². The van der Waals surface area contributed by atoms with Crippen LogP contribution in [-0.2, 0) is 4.74 Å². The molecule has 0 amide bonds. The zero-order valence-corrected chi connectivity index (χ0v) is 15.0. The molecule has 1 aromatic rings. The van der Waals surface area contributed by atoms with Crippen molar-refractivity contribution in [3.05, 3.63) is 34.3 Å². The van der Waals surface area contributed by atoms with E-state index in [1.807, 2.05) is 6.07 Å². The lowest BCUT2D eigenvalue weighted by Crippen LogP contribution is -2.36. The Kier molecular flexibility index (Phi) is 6.27. The Morgan fingerprint density at radius 3 is 2.62 bits per heavy atom. The van der Waals surface area contributed by atoms with Gasteiger partial charge in [-0.05, 0) is 42.2 Å². The van der Waals surface area contributed by atoms with Crippen LogP contribution < -0.4 is 5.73 Å². The highest BCUT2D eigenvalue weighted by Gasteiger charge is 2.33. The summed E-state index contributed by atoms with van der Waals surface area (Å²) in [6.07, 6.45) is 4.07. The fourth-order valence-corrected chi connectivity index (χ4v) is 4.01. The second-order valence-corrected chi connectivity index (χ2v) is 7.60. The molecule has 1 aliphatic carbocycles. The molecule has 4 atom stereocenters. The summed E-state index contributed by atoms with van der Waals surface area (Å²) in [6, 6.07) is 8.25. The van der Waals surface area contributed by atoms with E-state index in [0.717, 1.165) is 16.8 Å². The molecule has 0 heterocycles. The van der Waals surface area contributed by atoms with Crippen molar-refractivity contribution in [1.82, 2.24) is 0 Å². The molecule has 2 N–H and O–H groups in total. The largest absolute Gasteiger partial charge is 0.369 e. The SMILES string of the molecule is CC1CCC(C(C)C)C(OC(CN)c2ccccc2Br)C1. The van der Waals surface area contributed by atoms with Gasteiger partial charge in [0.25, 0.3) is 0 Å². The average molecular weight is 354 g/mol. The fourth-order valence-electron chi connectivity index (χ4n) is 3.47. The highest BCUT2D eigenvalue weighted by atomic mass is 79.9. The Morgan fingerprint density at radius 1 is 1.29 bits per heavy atom. The molecule has 0 aliphatic heterocycles. The third kappa shape index (κ3) is 4.30. The first-order valence-electron chi connectivity index (χ1n) is 8.12. The fraction of sp³-hybridized carbons (Fsp3) is 0.667. The molecule has 118 valence electrons. The van der Waals surface area contributed by atoms with E-state index in [9.17, 15) is 0 Å². The van der Waals surface area contributed by atoms with Crippen LogP contribution in [0.2, 0.25) is 0 Å². The Hall–Kier alpha value is -0.380. The number of benzene rings is 1. The molecular formula is C18H28BrNO. The maximum Gasteiger partial charge on any atom is 0.0961 e. The molecular weight excluding hydrogens is 326 g/mol. The summed E-state index contributed by atoms with van der Waals surface area (Å²) in [5.41, 5.74) is 7.17. The second-order valence-electron chi connectivity index (χ2n) is 6.75. The van der Waals surface area contributed by atoms with E-state index in [1.165, 1.54) is 18.4 Å². The predicted molar refractivity (Wildman–Crippen MR) is 92.2 cm³/mol. The van der Waals surface area contributed by atoms with E-state index in [0.29, 0.717) is 24.5 Å². The van der Waals surface area contributed by atoms with Crippen LogP contribution >= 0.6 is 15.9 Å². The van der Waals surface area contributed by atoms with Gasteiger partial charge in [-0.1, -0.05) is 61.3 Å². The topological polar surface area (TPSA) is 35.2 Å². The predicted octanol–water partition coefficient (Wildman–Crippen LogP) is 4.93. The molecule has 1 aliphatic rings. The zero-order chi connectivity index (χ0) is 15.4. The molecule has 2 nitrogen and oxygen atoms in total. The van der Waals surface area contributed by atoms with Crippen molar-refractivity contribution in [3.8, 4) is 0 Å². The van der Waals surface area contributed by atoms with Gasteiger partial charge in [0.15, 0.2) is 0 Å². The third-order valence-electron chi connectivity index (χ3n) is 4.77. The quantitative estimate of drug-likeness (QED) is 0.814. The van der Waals surface area contributed by atoms with Gasteiger partial charge in [0, 0.05) is 11.0 Å². The molecule has 2 rings (SSSR count).